The summed E-state index contributed by atoms with van der Waals surface area (Å²) in [5.41, 5.74) is 1.60. The Kier molecular flexibility index (Phi) is 4.69. The average molecular weight is 307 g/mol. The maximum atomic E-state index is 13.1. The van der Waals surface area contributed by atoms with Crippen molar-refractivity contribution in [3.8, 4) is 0 Å². The van der Waals surface area contributed by atoms with Crippen LogP contribution in [0, 0.1) is 5.92 Å². The van der Waals surface area contributed by atoms with Crippen LogP contribution in [-0.4, -0.2) is 26.9 Å². The minimum absolute atomic E-state index is 0.0781. The second kappa shape index (κ2) is 5.98. The number of hydrogen-bond acceptors (Lipinski definition) is 2. The summed E-state index contributed by atoms with van der Waals surface area (Å²) < 4.78 is 27.9. The van der Waals surface area contributed by atoms with Gasteiger partial charge < -0.3 is 5.11 Å². The van der Waals surface area contributed by atoms with E-state index < -0.39 is 12.0 Å². The summed E-state index contributed by atoms with van der Waals surface area (Å²) in [6, 6.07) is 0. The van der Waals surface area contributed by atoms with E-state index >= 15 is 0 Å². The Morgan fingerprint density at radius 1 is 1.45 bits per heavy atom. The summed E-state index contributed by atoms with van der Waals surface area (Å²) in [6.45, 7) is 1.97. The number of rotatable bonds is 4. The topological polar surface area (TPSA) is 38.0 Å². The van der Waals surface area contributed by atoms with Gasteiger partial charge in [0.15, 0.2) is 0 Å². The van der Waals surface area contributed by atoms with E-state index in [-0.39, 0.29) is 18.8 Å². The zero-order valence-electron chi connectivity index (χ0n) is 11.9. The fourth-order valence-corrected chi connectivity index (χ4v) is 3.22. The number of alkyl halides is 2. The summed E-state index contributed by atoms with van der Waals surface area (Å²) >= 11 is 6.24. The molecule has 0 aromatic carbocycles. The molecule has 114 valence electrons. The smallest absolute Gasteiger partial charge is 0.248 e. The summed E-state index contributed by atoms with van der Waals surface area (Å²) in [5, 5.41) is 15.2. The van der Waals surface area contributed by atoms with Crippen LogP contribution >= 0.6 is 11.6 Å². The highest BCUT2D eigenvalue weighted by Crippen LogP contribution is 2.38. The molecule has 0 saturated heterocycles. The molecule has 1 aromatic heterocycles. The Bertz CT molecular complexity index is 466. The lowest BCUT2D eigenvalue weighted by Gasteiger charge is -2.31. The lowest BCUT2D eigenvalue weighted by molar-refractivity contribution is -0.0621. The van der Waals surface area contributed by atoms with Crippen LogP contribution in [0.2, 0.25) is 5.02 Å². The van der Waals surface area contributed by atoms with Gasteiger partial charge in [-0.1, -0.05) is 18.5 Å². The van der Waals surface area contributed by atoms with Gasteiger partial charge in [0.25, 0.3) is 0 Å². The van der Waals surface area contributed by atoms with E-state index in [1.165, 1.54) is 0 Å². The first-order chi connectivity index (χ1) is 9.34. The van der Waals surface area contributed by atoms with Gasteiger partial charge in [0.2, 0.25) is 5.92 Å². The van der Waals surface area contributed by atoms with Crippen LogP contribution in [0.4, 0.5) is 8.78 Å². The molecule has 20 heavy (non-hydrogen) atoms. The third kappa shape index (κ3) is 3.31. The summed E-state index contributed by atoms with van der Waals surface area (Å²) in [6.07, 6.45) is 0.942. The second-order valence-electron chi connectivity index (χ2n) is 5.65. The van der Waals surface area contributed by atoms with E-state index in [0.717, 1.165) is 17.8 Å². The van der Waals surface area contributed by atoms with Gasteiger partial charge in [-0.3, -0.25) is 4.68 Å². The lowest BCUT2D eigenvalue weighted by Crippen LogP contribution is -2.32. The highest BCUT2D eigenvalue weighted by atomic mass is 35.5. The fourth-order valence-electron chi connectivity index (χ4n) is 2.85. The minimum Gasteiger partial charge on any atom is -0.392 e. The Labute approximate surface area is 122 Å². The van der Waals surface area contributed by atoms with Crippen LogP contribution in [0.15, 0.2) is 0 Å². The van der Waals surface area contributed by atoms with E-state index in [4.69, 9.17) is 11.6 Å². The highest BCUT2D eigenvalue weighted by Gasteiger charge is 2.37. The molecule has 2 rings (SSSR count). The molecule has 3 nitrogen and oxygen atoms in total. The van der Waals surface area contributed by atoms with Crippen molar-refractivity contribution >= 4 is 11.6 Å². The highest BCUT2D eigenvalue weighted by molar-refractivity contribution is 6.31. The lowest BCUT2D eigenvalue weighted by atomic mass is 9.82. The van der Waals surface area contributed by atoms with Crippen molar-refractivity contribution in [3.05, 3.63) is 16.4 Å². The molecule has 0 radical (unpaired) electrons. The number of aliphatic hydroxyl groups is 1. The van der Waals surface area contributed by atoms with Crippen molar-refractivity contribution < 1.29 is 13.9 Å². The van der Waals surface area contributed by atoms with Gasteiger partial charge in [0.05, 0.1) is 22.5 Å². The summed E-state index contributed by atoms with van der Waals surface area (Å²) in [5.74, 6) is -2.64. The van der Waals surface area contributed by atoms with Gasteiger partial charge in [-0.15, -0.1) is 0 Å². The molecule has 1 aliphatic rings. The monoisotopic (exact) mass is 306 g/mol. The van der Waals surface area contributed by atoms with Crippen LogP contribution in [0.1, 0.15) is 44.0 Å². The average Bonchev–Trinajstić information content (AvgIpc) is 2.66. The Balaban J connectivity index is 2.02. The normalized spacial score (nSPS) is 21.1. The first kappa shape index (κ1) is 15.7. The van der Waals surface area contributed by atoms with Crippen molar-refractivity contribution in [1.29, 1.82) is 0 Å². The third-order valence-corrected chi connectivity index (χ3v) is 4.65. The van der Waals surface area contributed by atoms with Crippen LogP contribution in [-0.2, 0) is 19.9 Å². The predicted octanol–water partition coefficient (Wildman–Crippen LogP) is 3.36. The number of aryl methyl sites for hydroxylation is 2. The fraction of sp³-hybridized carbons (Fsp3) is 0.786. The molecular weight excluding hydrogens is 286 g/mol. The van der Waals surface area contributed by atoms with Crippen LogP contribution in [0.3, 0.4) is 0 Å². The van der Waals surface area contributed by atoms with E-state index in [0.29, 0.717) is 24.3 Å². The summed E-state index contributed by atoms with van der Waals surface area (Å²) in [7, 11) is 1.79. The molecule has 0 aliphatic heterocycles. The number of halogens is 3. The second-order valence-corrected chi connectivity index (χ2v) is 6.03. The molecule has 1 fully saturated rings. The maximum Gasteiger partial charge on any atom is 0.248 e. The zero-order chi connectivity index (χ0) is 14.9. The number of aromatic nitrogens is 2. The molecule has 1 aliphatic carbocycles. The zero-order valence-corrected chi connectivity index (χ0v) is 12.6. The van der Waals surface area contributed by atoms with Gasteiger partial charge in [0.1, 0.15) is 0 Å². The van der Waals surface area contributed by atoms with Crippen molar-refractivity contribution in [2.75, 3.05) is 0 Å². The van der Waals surface area contributed by atoms with E-state index in [9.17, 15) is 13.9 Å². The van der Waals surface area contributed by atoms with Crippen LogP contribution < -0.4 is 0 Å². The van der Waals surface area contributed by atoms with Gasteiger partial charge in [-0.05, 0) is 25.2 Å². The van der Waals surface area contributed by atoms with E-state index in [2.05, 4.69) is 5.10 Å². The molecule has 6 heteroatoms. The Hall–Kier alpha value is -0.680. The molecule has 0 spiro atoms. The Morgan fingerprint density at radius 3 is 2.55 bits per heavy atom. The molecule has 1 aromatic rings. The van der Waals surface area contributed by atoms with Crippen LogP contribution in [0.25, 0.3) is 0 Å². The van der Waals surface area contributed by atoms with Crippen molar-refractivity contribution in [2.45, 2.75) is 57.5 Å². The quantitative estimate of drug-likeness (QED) is 0.926. The third-order valence-electron chi connectivity index (χ3n) is 4.21. The SMILES string of the molecule is CCc1nn(C)c(CC(O)C2CCC(F)(F)CC2)c1Cl. The molecular formula is C14H21ClF2N2O. The first-order valence-corrected chi connectivity index (χ1v) is 7.48. The van der Waals surface area contributed by atoms with Gasteiger partial charge in [0, 0.05) is 26.3 Å². The standard InChI is InChI=1S/C14H21ClF2N2O/c1-3-10-13(15)11(19(2)18-10)8-12(20)9-4-6-14(16,17)7-5-9/h9,12,20H,3-8H2,1-2H3. The Morgan fingerprint density at radius 2 is 2.05 bits per heavy atom. The molecule has 1 atom stereocenters. The van der Waals surface area contributed by atoms with Gasteiger partial charge in [-0.2, -0.15) is 5.10 Å². The van der Waals surface area contributed by atoms with Gasteiger partial charge >= 0.3 is 0 Å². The number of hydrogen-bond donors (Lipinski definition) is 1. The first-order valence-electron chi connectivity index (χ1n) is 7.10. The van der Waals surface area contributed by atoms with Crippen molar-refractivity contribution in [2.24, 2.45) is 13.0 Å². The van der Waals surface area contributed by atoms with Gasteiger partial charge in [-0.25, -0.2) is 8.78 Å². The molecule has 1 saturated carbocycles. The molecule has 0 amide bonds. The largest absolute Gasteiger partial charge is 0.392 e. The minimum atomic E-state index is -2.56. The van der Waals surface area contributed by atoms with Crippen molar-refractivity contribution in [1.82, 2.24) is 9.78 Å². The van der Waals surface area contributed by atoms with Crippen molar-refractivity contribution in [3.63, 3.8) is 0 Å². The van der Waals surface area contributed by atoms with E-state index in [1.54, 1.807) is 11.7 Å². The molecule has 0 bridgehead atoms. The predicted molar refractivity (Wildman–Crippen MR) is 74.2 cm³/mol. The van der Waals surface area contributed by atoms with Crippen LogP contribution in [0.5, 0.6) is 0 Å². The molecule has 1 N–H and O–H groups in total. The number of nitrogens with zero attached hydrogens (tertiary/aromatic N) is 2. The van der Waals surface area contributed by atoms with E-state index in [1.807, 2.05) is 6.92 Å². The summed E-state index contributed by atoms with van der Waals surface area (Å²) in [4.78, 5) is 0. The maximum absolute atomic E-state index is 13.1. The molecule has 1 heterocycles. The molecule has 1 unspecified atom stereocenters. The number of aliphatic hydroxyl groups excluding tert-OH is 1.